The van der Waals surface area contributed by atoms with Gasteiger partial charge in [-0.05, 0) is 36.9 Å². The fourth-order valence-electron chi connectivity index (χ4n) is 2.24. The van der Waals surface area contributed by atoms with Crippen LogP contribution in [0.5, 0.6) is 0 Å². The van der Waals surface area contributed by atoms with Gasteiger partial charge in [0, 0.05) is 6.54 Å². The van der Waals surface area contributed by atoms with Gasteiger partial charge in [-0.15, -0.1) is 0 Å². The van der Waals surface area contributed by atoms with Gasteiger partial charge in [-0.2, -0.15) is 0 Å². The highest BCUT2D eigenvalue weighted by atomic mass is 19.1. The van der Waals surface area contributed by atoms with Crippen LogP contribution in [0, 0.1) is 5.82 Å². The number of likely N-dealkylation sites (N-methyl/N-ethyl adjacent to an activating group) is 1. The maximum Gasteiger partial charge on any atom is 0.250 e. The molecule has 0 bridgehead atoms. The Morgan fingerprint density at radius 2 is 1.91 bits per heavy atom. The topological polar surface area (TPSA) is 75.4 Å². The fraction of sp³-hybridized carbons (Fsp3) is 0.176. The first kappa shape index (κ1) is 16.6. The van der Waals surface area contributed by atoms with E-state index in [0.29, 0.717) is 12.2 Å². The first-order valence-electron chi connectivity index (χ1n) is 7.07. The van der Waals surface area contributed by atoms with Crippen molar-refractivity contribution in [3.63, 3.8) is 0 Å². The lowest BCUT2D eigenvalue weighted by atomic mass is 10.1. The zero-order valence-electron chi connectivity index (χ0n) is 12.8. The van der Waals surface area contributed by atoms with Crippen molar-refractivity contribution in [2.24, 2.45) is 5.73 Å². The smallest absolute Gasteiger partial charge is 0.250 e. The number of nitrogens with one attached hydrogen (secondary N) is 1. The Hall–Kier alpha value is -2.73. The summed E-state index contributed by atoms with van der Waals surface area (Å²) >= 11 is 0. The van der Waals surface area contributed by atoms with Crippen LogP contribution in [0.15, 0.2) is 48.5 Å². The number of rotatable bonds is 6. The van der Waals surface area contributed by atoms with Crippen molar-refractivity contribution in [3.05, 3.63) is 65.5 Å². The number of nitrogens with zero attached hydrogens (tertiary/aromatic N) is 1. The zero-order valence-corrected chi connectivity index (χ0v) is 12.8. The van der Waals surface area contributed by atoms with Gasteiger partial charge >= 0.3 is 0 Å². The average Bonchev–Trinajstić information content (AvgIpc) is 2.47. The number of hydrogen-bond acceptors (Lipinski definition) is 3. The molecule has 3 N–H and O–H groups in total. The second kappa shape index (κ2) is 7.51. The molecule has 0 aliphatic rings. The molecule has 2 aromatic carbocycles. The first-order valence-corrected chi connectivity index (χ1v) is 7.07. The van der Waals surface area contributed by atoms with Gasteiger partial charge in [0.2, 0.25) is 5.91 Å². The molecule has 0 aliphatic heterocycles. The molecule has 2 amide bonds. The van der Waals surface area contributed by atoms with Gasteiger partial charge in [0.1, 0.15) is 5.82 Å². The average molecular weight is 315 g/mol. The lowest BCUT2D eigenvalue weighted by molar-refractivity contribution is -0.117. The number of carbonyl (C=O) groups is 2. The molecule has 5 nitrogen and oxygen atoms in total. The standard InChI is InChI=1S/C17H18FN3O2/c1-21(10-12-5-4-6-13(18)9-12)11-16(22)20-15-8-3-2-7-14(15)17(19)23/h2-9H,10-11H2,1H3,(H2,19,23)(H,20,22). The van der Waals surface area contributed by atoms with Gasteiger partial charge in [0.15, 0.2) is 0 Å². The van der Waals surface area contributed by atoms with Crippen molar-refractivity contribution in [3.8, 4) is 0 Å². The number of anilines is 1. The van der Waals surface area contributed by atoms with Crippen LogP contribution in [-0.4, -0.2) is 30.3 Å². The molecule has 0 unspecified atom stereocenters. The molecule has 0 spiro atoms. The van der Waals surface area contributed by atoms with E-state index in [1.54, 1.807) is 48.3 Å². The molecule has 0 saturated carbocycles. The highest BCUT2D eigenvalue weighted by Gasteiger charge is 2.12. The molecule has 120 valence electrons. The number of benzene rings is 2. The summed E-state index contributed by atoms with van der Waals surface area (Å²) in [5.41, 5.74) is 6.68. The second-order valence-corrected chi connectivity index (χ2v) is 5.26. The van der Waals surface area contributed by atoms with Gasteiger partial charge in [0.25, 0.3) is 5.91 Å². The number of para-hydroxylation sites is 1. The molecule has 0 aromatic heterocycles. The number of carbonyl (C=O) groups excluding carboxylic acids is 2. The predicted octanol–water partition coefficient (Wildman–Crippen LogP) is 2.00. The van der Waals surface area contributed by atoms with Crippen molar-refractivity contribution >= 4 is 17.5 Å². The van der Waals surface area contributed by atoms with Crippen LogP contribution >= 0.6 is 0 Å². The largest absolute Gasteiger partial charge is 0.366 e. The summed E-state index contributed by atoms with van der Waals surface area (Å²) in [6.45, 7) is 0.534. The number of amides is 2. The van der Waals surface area contributed by atoms with Crippen LogP contribution < -0.4 is 11.1 Å². The first-order chi connectivity index (χ1) is 11.0. The predicted molar refractivity (Wildman–Crippen MR) is 86.3 cm³/mol. The Bertz CT molecular complexity index is 718. The highest BCUT2D eigenvalue weighted by molar-refractivity contribution is 6.03. The van der Waals surface area contributed by atoms with Crippen molar-refractivity contribution in [2.75, 3.05) is 18.9 Å². The molecule has 2 rings (SSSR count). The summed E-state index contributed by atoms with van der Waals surface area (Å²) in [6, 6.07) is 12.8. The van der Waals surface area contributed by atoms with Crippen molar-refractivity contribution in [1.29, 1.82) is 0 Å². The number of nitrogens with two attached hydrogens (primary N) is 1. The van der Waals surface area contributed by atoms with E-state index >= 15 is 0 Å². The summed E-state index contributed by atoms with van der Waals surface area (Å²) in [5.74, 6) is -1.19. The van der Waals surface area contributed by atoms with Crippen molar-refractivity contribution < 1.29 is 14.0 Å². The molecule has 0 atom stereocenters. The molecule has 23 heavy (non-hydrogen) atoms. The Kier molecular flexibility index (Phi) is 5.43. The molecule has 0 saturated heterocycles. The van der Waals surface area contributed by atoms with E-state index in [9.17, 15) is 14.0 Å². The van der Waals surface area contributed by atoms with E-state index in [-0.39, 0.29) is 23.8 Å². The summed E-state index contributed by atoms with van der Waals surface area (Å²) in [6.07, 6.45) is 0. The van der Waals surface area contributed by atoms with Gasteiger partial charge < -0.3 is 11.1 Å². The quantitative estimate of drug-likeness (QED) is 0.856. The number of primary amides is 1. The summed E-state index contributed by atoms with van der Waals surface area (Å²) in [5, 5.41) is 2.66. The normalized spacial score (nSPS) is 10.6. The third-order valence-corrected chi connectivity index (χ3v) is 3.22. The maximum atomic E-state index is 13.1. The SMILES string of the molecule is CN(CC(=O)Nc1ccccc1C(N)=O)Cc1cccc(F)c1. The minimum atomic E-state index is -0.603. The van der Waals surface area contributed by atoms with Gasteiger partial charge in [-0.25, -0.2) is 4.39 Å². The third-order valence-electron chi connectivity index (χ3n) is 3.22. The lowest BCUT2D eigenvalue weighted by Crippen LogP contribution is -2.30. The Morgan fingerprint density at radius 3 is 2.61 bits per heavy atom. The van der Waals surface area contributed by atoms with E-state index in [1.165, 1.54) is 12.1 Å². The number of halogens is 1. The highest BCUT2D eigenvalue weighted by Crippen LogP contribution is 2.14. The van der Waals surface area contributed by atoms with E-state index < -0.39 is 5.91 Å². The monoisotopic (exact) mass is 315 g/mol. The summed E-state index contributed by atoms with van der Waals surface area (Å²) in [4.78, 5) is 25.1. The van der Waals surface area contributed by atoms with Crippen LogP contribution in [0.1, 0.15) is 15.9 Å². The Balaban J connectivity index is 1.96. The van der Waals surface area contributed by atoms with Crippen LogP contribution in [0.4, 0.5) is 10.1 Å². The van der Waals surface area contributed by atoms with Crippen LogP contribution in [-0.2, 0) is 11.3 Å². The summed E-state index contributed by atoms with van der Waals surface area (Å²) in [7, 11) is 1.75. The molecule has 0 fully saturated rings. The van der Waals surface area contributed by atoms with E-state index in [0.717, 1.165) is 5.56 Å². The molecule has 0 aliphatic carbocycles. The molecular weight excluding hydrogens is 297 g/mol. The second-order valence-electron chi connectivity index (χ2n) is 5.26. The number of hydrogen-bond donors (Lipinski definition) is 2. The van der Waals surface area contributed by atoms with Crippen LogP contribution in [0.2, 0.25) is 0 Å². The minimum Gasteiger partial charge on any atom is -0.366 e. The van der Waals surface area contributed by atoms with Crippen molar-refractivity contribution in [2.45, 2.75) is 6.54 Å². The zero-order chi connectivity index (χ0) is 16.8. The van der Waals surface area contributed by atoms with Crippen LogP contribution in [0.3, 0.4) is 0 Å². The van der Waals surface area contributed by atoms with Gasteiger partial charge in [-0.1, -0.05) is 24.3 Å². The van der Waals surface area contributed by atoms with Crippen molar-refractivity contribution in [1.82, 2.24) is 4.90 Å². The molecule has 0 radical (unpaired) electrons. The van der Waals surface area contributed by atoms with Crippen LogP contribution in [0.25, 0.3) is 0 Å². The molecule has 0 heterocycles. The Labute approximate surface area is 133 Å². The van der Waals surface area contributed by atoms with Gasteiger partial charge in [-0.3, -0.25) is 14.5 Å². The third kappa shape index (κ3) is 4.89. The Morgan fingerprint density at radius 1 is 1.17 bits per heavy atom. The van der Waals surface area contributed by atoms with E-state index in [1.807, 2.05) is 0 Å². The summed E-state index contributed by atoms with van der Waals surface area (Å²) < 4.78 is 13.1. The molecule has 2 aromatic rings. The van der Waals surface area contributed by atoms with Gasteiger partial charge in [0.05, 0.1) is 17.8 Å². The van der Waals surface area contributed by atoms with E-state index in [4.69, 9.17) is 5.73 Å². The fourth-order valence-corrected chi connectivity index (χ4v) is 2.24. The van der Waals surface area contributed by atoms with E-state index in [2.05, 4.69) is 5.32 Å². The maximum absolute atomic E-state index is 13.1. The molecule has 6 heteroatoms. The minimum absolute atomic E-state index is 0.101. The molecular formula is C17H18FN3O2. The lowest BCUT2D eigenvalue weighted by Gasteiger charge is -2.17.